The first-order valence-electron chi connectivity index (χ1n) is 9.11. The predicted molar refractivity (Wildman–Crippen MR) is 107 cm³/mol. The van der Waals surface area contributed by atoms with Crippen molar-refractivity contribution in [2.75, 3.05) is 13.2 Å². The van der Waals surface area contributed by atoms with Crippen molar-refractivity contribution in [3.05, 3.63) is 63.9 Å². The quantitative estimate of drug-likeness (QED) is 0.401. The second kappa shape index (κ2) is 7.50. The maximum atomic E-state index is 13.9. The molecule has 1 aliphatic rings. The molecular weight excluding hydrogens is 446 g/mol. The first kappa shape index (κ1) is 20.0. The van der Waals surface area contributed by atoms with E-state index in [0.29, 0.717) is 18.8 Å². The van der Waals surface area contributed by atoms with E-state index in [1.165, 1.54) is 0 Å². The normalized spacial score (nSPS) is 18.3. The number of imidazole rings is 1. The van der Waals surface area contributed by atoms with Crippen LogP contribution >= 0.6 is 15.9 Å². The lowest BCUT2D eigenvalue weighted by molar-refractivity contribution is 0.0468. The first-order chi connectivity index (χ1) is 13.8. The molecule has 2 aromatic carbocycles. The molecule has 1 saturated heterocycles. The molecule has 1 aliphatic heterocycles. The number of aromatic nitrogens is 2. The monoisotopic (exact) mass is 464 g/mol. The molecule has 3 aromatic rings. The Hall–Kier alpha value is -2.32. The van der Waals surface area contributed by atoms with Crippen molar-refractivity contribution in [2.24, 2.45) is 5.41 Å². The zero-order valence-electron chi connectivity index (χ0n) is 15.9. The number of carbonyl (C=O) groups excluding carboxylic acids is 1. The van der Waals surface area contributed by atoms with Crippen molar-refractivity contribution < 1.29 is 23.0 Å². The molecule has 2 heterocycles. The number of hydrogen-bond acceptors (Lipinski definition) is 4. The van der Waals surface area contributed by atoms with E-state index >= 15 is 0 Å². The highest BCUT2D eigenvalue weighted by Gasteiger charge is 2.37. The van der Waals surface area contributed by atoms with Crippen LogP contribution in [-0.4, -0.2) is 28.7 Å². The zero-order valence-corrected chi connectivity index (χ0v) is 17.5. The maximum Gasteiger partial charge on any atom is 0.338 e. The standard InChI is InChI=1S/C21H19BrF2N2O3/c1-21(2)10-28-9-19(21)26-11-25-17-4-3-12(6-18(17)26)20(27)29-8-13-5-16(24)14(22)7-15(13)23/h3-7,11,19H,8-10H2,1-2H3. The number of nitrogens with zero attached hydrogens (tertiary/aromatic N) is 2. The predicted octanol–water partition coefficient (Wildman–Crippen LogP) is 5.03. The fraction of sp³-hybridized carbons (Fsp3) is 0.333. The van der Waals surface area contributed by atoms with E-state index in [0.717, 1.165) is 23.2 Å². The van der Waals surface area contributed by atoms with Crippen LogP contribution in [0.25, 0.3) is 11.0 Å². The van der Waals surface area contributed by atoms with Gasteiger partial charge >= 0.3 is 5.97 Å². The molecule has 29 heavy (non-hydrogen) atoms. The van der Waals surface area contributed by atoms with Crippen LogP contribution in [0.1, 0.15) is 35.8 Å². The summed E-state index contributed by atoms with van der Waals surface area (Å²) in [6, 6.07) is 7.17. The summed E-state index contributed by atoms with van der Waals surface area (Å²) in [7, 11) is 0. The highest BCUT2D eigenvalue weighted by Crippen LogP contribution is 2.38. The molecule has 5 nitrogen and oxygen atoms in total. The van der Waals surface area contributed by atoms with Crippen LogP contribution in [0.5, 0.6) is 0 Å². The third-order valence-electron chi connectivity index (χ3n) is 5.25. The van der Waals surface area contributed by atoms with E-state index < -0.39 is 17.6 Å². The fourth-order valence-corrected chi connectivity index (χ4v) is 3.83. The van der Waals surface area contributed by atoms with Gasteiger partial charge in [-0.05, 0) is 46.3 Å². The summed E-state index contributed by atoms with van der Waals surface area (Å²) in [6.45, 7) is 5.10. The number of carbonyl (C=O) groups is 1. The van der Waals surface area contributed by atoms with Crippen LogP contribution < -0.4 is 0 Å². The minimum absolute atomic E-state index is 0.0163. The zero-order chi connectivity index (χ0) is 20.8. The number of esters is 1. The van der Waals surface area contributed by atoms with Gasteiger partial charge in [-0.3, -0.25) is 0 Å². The van der Waals surface area contributed by atoms with Crippen LogP contribution in [0.15, 0.2) is 41.1 Å². The summed E-state index contributed by atoms with van der Waals surface area (Å²) in [5, 5.41) is 0. The van der Waals surface area contributed by atoms with Gasteiger partial charge in [-0.2, -0.15) is 0 Å². The number of fused-ring (bicyclic) bond motifs is 1. The van der Waals surface area contributed by atoms with Crippen LogP contribution in [0.4, 0.5) is 8.78 Å². The maximum absolute atomic E-state index is 13.9. The molecule has 0 N–H and O–H groups in total. The lowest BCUT2D eigenvalue weighted by Gasteiger charge is -2.26. The molecule has 0 saturated carbocycles. The van der Waals surface area contributed by atoms with E-state index in [1.54, 1.807) is 24.5 Å². The van der Waals surface area contributed by atoms with E-state index in [1.807, 2.05) is 4.57 Å². The lowest BCUT2D eigenvalue weighted by atomic mass is 9.87. The van der Waals surface area contributed by atoms with Crippen LogP contribution in [0.3, 0.4) is 0 Å². The molecule has 1 atom stereocenters. The molecule has 1 aromatic heterocycles. The molecule has 152 valence electrons. The Morgan fingerprint density at radius 2 is 2.10 bits per heavy atom. The van der Waals surface area contributed by atoms with Gasteiger partial charge in [0.1, 0.15) is 18.2 Å². The number of hydrogen-bond donors (Lipinski definition) is 0. The smallest absolute Gasteiger partial charge is 0.338 e. The lowest BCUT2D eigenvalue weighted by Crippen LogP contribution is -2.24. The average Bonchev–Trinajstić information content (AvgIpc) is 3.24. The van der Waals surface area contributed by atoms with Crippen molar-refractivity contribution in [1.29, 1.82) is 0 Å². The van der Waals surface area contributed by atoms with Gasteiger partial charge in [-0.1, -0.05) is 13.8 Å². The van der Waals surface area contributed by atoms with Crippen LogP contribution in [0, 0.1) is 17.0 Å². The molecule has 0 radical (unpaired) electrons. The topological polar surface area (TPSA) is 53.4 Å². The summed E-state index contributed by atoms with van der Waals surface area (Å²) < 4.78 is 40.4. The van der Waals surface area contributed by atoms with Crippen molar-refractivity contribution in [1.82, 2.24) is 9.55 Å². The van der Waals surface area contributed by atoms with E-state index in [9.17, 15) is 13.6 Å². The van der Waals surface area contributed by atoms with E-state index in [-0.39, 0.29) is 28.1 Å². The Labute approximate surface area is 174 Å². The summed E-state index contributed by atoms with van der Waals surface area (Å²) in [4.78, 5) is 16.9. The SMILES string of the molecule is CC1(C)COCC1n1cnc2ccc(C(=O)OCc3cc(F)c(Br)cc3F)cc21. The molecule has 0 amide bonds. The van der Waals surface area contributed by atoms with Gasteiger partial charge in [0.25, 0.3) is 0 Å². The fourth-order valence-electron chi connectivity index (χ4n) is 3.51. The molecule has 4 rings (SSSR count). The molecule has 0 spiro atoms. The first-order valence-corrected chi connectivity index (χ1v) is 9.90. The number of halogens is 3. The summed E-state index contributed by atoms with van der Waals surface area (Å²) in [6.07, 6.45) is 1.75. The molecule has 8 heteroatoms. The van der Waals surface area contributed by atoms with Gasteiger partial charge in [0, 0.05) is 11.0 Å². The number of rotatable bonds is 4. The minimum Gasteiger partial charge on any atom is -0.457 e. The van der Waals surface area contributed by atoms with Crippen molar-refractivity contribution >= 4 is 32.9 Å². The van der Waals surface area contributed by atoms with Gasteiger partial charge in [0.2, 0.25) is 0 Å². The van der Waals surface area contributed by atoms with E-state index in [4.69, 9.17) is 9.47 Å². The third-order valence-corrected chi connectivity index (χ3v) is 5.85. The molecular formula is C21H19BrF2N2O3. The van der Waals surface area contributed by atoms with Crippen molar-refractivity contribution in [3.8, 4) is 0 Å². The number of ether oxygens (including phenoxy) is 2. The van der Waals surface area contributed by atoms with Crippen LogP contribution in [0.2, 0.25) is 0 Å². The highest BCUT2D eigenvalue weighted by molar-refractivity contribution is 9.10. The van der Waals surface area contributed by atoms with Crippen molar-refractivity contribution in [2.45, 2.75) is 26.5 Å². The van der Waals surface area contributed by atoms with Gasteiger partial charge in [0.05, 0.1) is 46.7 Å². The second-order valence-electron chi connectivity index (χ2n) is 7.81. The van der Waals surface area contributed by atoms with Gasteiger partial charge in [-0.15, -0.1) is 0 Å². The molecule has 0 aliphatic carbocycles. The van der Waals surface area contributed by atoms with Crippen molar-refractivity contribution in [3.63, 3.8) is 0 Å². The molecule has 1 fully saturated rings. The summed E-state index contributed by atoms with van der Waals surface area (Å²) in [5.41, 5.74) is 1.77. The Morgan fingerprint density at radius 3 is 2.83 bits per heavy atom. The highest BCUT2D eigenvalue weighted by atomic mass is 79.9. The molecule has 0 bridgehead atoms. The number of benzene rings is 2. The minimum atomic E-state index is -0.650. The Balaban J connectivity index is 1.57. The Morgan fingerprint density at radius 1 is 1.31 bits per heavy atom. The largest absolute Gasteiger partial charge is 0.457 e. The Bertz CT molecular complexity index is 1100. The van der Waals surface area contributed by atoms with Gasteiger partial charge in [0.15, 0.2) is 0 Å². The third kappa shape index (κ3) is 3.79. The summed E-state index contributed by atoms with van der Waals surface area (Å²) in [5.74, 6) is -1.89. The summed E-state index contributed by atoms with van der Waals surface area (Å²) >= 11 is 2.92. The average molecular weight is 465 g/mol. The van der Waals surface area contributed by atoms with Gasteiger partial charge in [-0.25, -0.2) is 18.6 Å². The second-order valence-corrected chi connectivity index (χ2v) is 8.66. The molecule has 1 unspecified atom stereocenters. The van der Waals surface area contributed by atoms with Gasteiger partial charge < -0.3 is 14.0 Å². The van der Waals surface area contributed by atoms with Crippen LogP contribution in [-0.2, 0) is 16.1 Å². The Kier molecular flexibility index (Phi) is 5.16. The van der Waals surface area contributed by atoms with E-state index in [2.05, 4.69) is 34.8 Å².